The van der Waals surface area contributed by atoms with Crippen LogP contribution in [0.4, 0.5) is 22.0 Å². The van der Waals surface area contributed by atoms with E-state index in [0.717, 1.165) is 12.8 Å². The predicted octanol–water partition coefficient (Wildman–Crippen LogP) is 0.281. The van der Waals surface area contributed by atoms with Gasteiger partial charge in [0.15, 0.2) is 0 Å². The minimum atomic E-state index is -4.28. The number of hydrogen-bond donors (Lipinski definition) is 5. The second-order valence-corrected chi connectivity index (χ2v) is 9.75. The van der Waals surface area contributed by atoms with Crippen LogP contribution in [0.25, 0.3) is 0 Å². The van der Waals surface area contributed by atoms with Crippen LogP contribution in [0.3, 0.4) is 0 Å². The van der Waals surface area contributed by atoms with Crippen molar-refractivity contribution >= 4 is 11.8 Å². The molecule has 2 aliphatic heterocycles. The fourth-order valence-electron chi connectivity index (χ4n) is 5.53. The van der Waals surface area contributed by atoms with Crippen LogP contribution in [-0.2, 0) is 14.3 Å². The number of piperazine rings is 1. The molecule has 2 saturated heterocycles. The second-order valence-electron chi connectivity index (χ2n) is 9.75. The highest BCUT2D eigenvalue weighted by atomic mass is 19.4. The van der Waals surface area contributed by atoms with Crippen LogP contribution in [0.5, 0.6) is 0 Å². The number of halogens is 5. The molecule has 0 aromatic carbocycles. The van der Waals surface area contributed by atoms with E-state index in [0.29, 0.717) is 6.42 Å². The number of fused-ring (bicyclic) bond motifs is 1. The summed E-state index contributed by atoms with van der Waals surface area (Å²) in [4.78, 5) is 25.0. The van der Waals surface area contributed by atoms with Crippen LogP contribution in [0.1, 0.15) is 32.1 Å². The van der Waals surface area contributed by atoms with Crippen LogP contribution in [-0.4, -0.2) is 87.0 Å². The molecule has 8 atom stereocenters. The fraction of sp³-hybridized carbons (Fsp3) is 0.905. The van der Waals surface area contributed by atoms with Gasteiger partial charge in [-0.2, -0.15) is 13.2 Å². The van der Waals surface area contributed by atoms with Crippen molar-refractivity contribution in [3.05, 3.63) is 0 Å². The van der Waals surface area contributed by atoms with Gasteiger partial charge in [0.05, 0.1) is 18.2 Å². The minimum absolute atomic E-state index is 0.0124. The van der Waals surface area contributed by atoms with Gasteiger partial charge in [0.2, 0.25) is 11.8 Å². The number of rotatable bonds is 7. The van der Waals surface area contributed by atoms with Gasteiger partial charge in [-0.05, 0) is 43.9 Å². The number of hydrogen-bond acceptors (Lipinski definition) is 6. The minimum Gasteiger partial charge on any atom is -0.367 e. The van der Waals surface area contributed by atoms with Crippen LogP contribution < -0.4 is 26.6 Å². The first-order valence-electron chi connectivity index (χ1n) is 11.9. The Labute approximate surface area is 194 Å². The number of piperidine rings is 1. The van der Waals surface area contributed by atoms with Crippen LogP contribution in [0.2, 0.25) is 0 Å². The van der Waals surface area contributed by atoms with E-state index in [-0.39, 0.29) is 74.8 Å². The van der Waals surface area contributed by atoms with Gasteiger partial charge in [0.1, 0.15) is 12.6 Å². The van der Waals surface area contributed by atoms with Crippen LogP contribution in [0.15, 0.2) is 0 Å². The molecule has 0 spiro atoms. The lowest BCUT2D eigenvalue weighted by Gasteiger charge is -2.37. The highest BCUT2D eigenvalue weighted by molar-refractivity contribution is 5.82. The first kappa shape index (κ1) is 25.5. The zero-order valence-corrected chi connectivity index (χ0v) is 18.7. The molecular weight excluding hydrogens is 465 g/mol. The Morgan fingerprint density at radius 3 is 2.15 bits per heavy atom. The van der Waals surface area contributed by atoms with Crippen molar-refractivity contribution in [1.29, 1.82) is 0 Å². The monoisotopic (exact) mass is 497 g/mol. The van der Waals surface area contributed by atoms with Crippen molar-refractivity contribution < 1.29 is 36.3 Å². The van der Waals surface area contributed by atoms with Gasteiger partial charge >= 0.3 is 6.18 Å². The van der Waals surface area contributed by atoms with Crippen molar-refractivity contribution in [2.75, 3.05) is 26.2 Å². The van der Waals surface area contributed by atoms with E-state index in [4.69, 9.17) is 4.74 Å². The Hall–Kier alpha value is -1.57. The average molecular weight is 498 g/mol. The molecule has 4 fully saturated rings. The van der Waals surface area contributed by atoms with E-state index in [2.05, 4.69) is 26.6 Å². The van der Waals surface area contributed by atoms with Crippen molar-refractivity contribution in [1.82, 2.24) is 26.6 Å². The topological polar surface area (TPSA) is 104 Å². The first-order chi connectivity index (χ1) is 16.1. The Bertz CT molecular complexity index is 726. The number of nitrogens with one attached hydrogen (secondary N) is 5. The number of carbonyl (C=O) groups is 2. The van der Waals surface area contributed by atoms with Gasteiger partial charge in [-0.1, -0.05) is 0 Å². The van der Waals surface area contributed by atoms with Gasteiger partial charge in [-0.15, -0.1) is 0 Å². The molecule has 0 aromatic rings. The van der Waals surface area contributed by atoms with E-state index in [1.165, 1.54) is 0 Å². The summed E-state index contributed by atoms with van der Waals surface area (Å²) in [6.45, 7) is -0.0455. The van der Waals surface area contributed by atoms with E-state index >= 15 is 0 Å². The molecule has 194 valence electrons. The van der Waals surface area contributed by atoms with Crippen molar-refractivity contribution in [2.45, 2.75) is 81.0 Å². The summed E-state index contributed by atoms with van der Waals surface area (Å²) < 4.78 is 69.2. The van der Waals surface area contributed by atoms with Gasteiger partial charge in [-0.25, -0.2) is 8.78 Å². The Balaban J connectivity index is 1.17. The summed E-state index contributed by atoms with van der Waals surface area (Å²) >= 11 is 0. The summed E-state index contributed by atoms with van der Waals surface area (Å²) in [5.74, 6) is -0.0638. The standard InChI is InChI=1S/C21H32F5N5O3/c22-19(23)15-7-28-16(8-27-15)20(33)31-14-5-13(11-2-3-12(11)14)30-18(32)9-34-10-1-4-17(29-6-10)21(24,25)26/h10-17,19,27-29H,1-9H2,(H,30,32)(H,31,33)/t10?,11?,12?,13-,14?,15?,16?,17?/m0/s1. The summed E-state index contributed by atoms with van der Waals surface area (Å²) in [7, 11) is 0. The highest BCUT2D eigenvalue weighted by Crippen LogP contribution is 2.47. The van der Waals surface area contributed by atoms with Crippen molar-refractivity contribution in [3.8, 4) is 0 Å². The van der Waals surface area contributed by atoms with Crippen molar-refractivity contribution in [2.24, 2.45) is 11.8 Å². The molecule has 0 bridgehead atoms. The number of alkyl halides is 5. The number of amides is 2. The zero-order chi connectivity index (χ0) is 24.5. The molecule has 34 heavy (non-hydrogen) atoms. The van der Waals surface area contributed by atoms with Gasteiger partial charge < -0.3 is 31.3 Å². The Morgan fingerprint density at radius 1 is 0.912 bits per heavy atom. The second kappa shape index (κ2) is 10.6. The Kier molecular flexibility index (Phi) is 7.95. The summed E-state index contributed by atoms with van der Waals surface area (Å²) in [5, 5.41) is 13.9. The smallest absolute Gasteiger partial charge is 0.367 e. The van der Waals surface area contributed by atoms with E-state index in [1.54, 1.807) is 0 Å². The normalized spacial score (nSPS) is 38.2. The number of carbonyl (C=O) groups excluding carboxylic acids is 2. The summed E-state index contributed by atoms with van der Waals surface area (Å²) in [6, 6.07) is -3.30. The SMILES string of the molecule is O=C(COC1CCC(C(F)(F)F)NC1)N[C@H]1CC(NC(=O)C2CNC(C(F)F)CN2)C2CCC21. The molecule has 4 aliphatic rings. The third kappa shape index (κ3) is 5.97. The maximum Gasteiger partial charge on any atom is 0.403 e. The maximum atomic E-state index is 12.8. The predicted molar refractivity (Wildman–Crippen MR) is 111 cm³/mol. The Morgan fingerprint density at radius 2 is 1.62 bits per heavy atom. The van der Waals surface area contributed by atoms with Crippen LogP contribution in [0, 0.1) is 11.8 Å². The van der Waals surface area contributed by atoms with Crippen molar-refractivity contribution in [3.63, 3.8) is 0 Å². The molecule has 2 amide bonds. The van der Waals surface area contributed by atoms with Gasteiger partial charge in [0.25, 0.3) is 6.43 Å². The molecule has 7 unspecified atom stereocenters. The molecule has 0 radical (unpaired) electrons. The lowest BCUT2D eigenvalue weighted by atomic mass is 9.73. The first-order valence-corrected chi connectivity index (χ1v) is 11.9. The molecule has 2 heterocycles. The molecule has 2 saturated carbocycles. The maximum absolute atomic E-state index is 12.8. The summed E-state index contributed by atoms with van der Waals surface area (Å²) in [6.07, 6.45) is -4.63. The molecule has 8 nitrogen and oxygen atoms in total. The zero-order valence-electron chi connectivity index (χ0n) is 18.7. The average Bonchev–Trinajstić information content (AvgIpc) is 2.99. The molecule has 0 aromatic heterocycles. The third-order valence-corrected chi connectivity index (χ3v) is 7.60. The van der Waals surface area contributed by atoms with E-state index in [1.807, 2.05) is 0 Å². The molecule has 4 rings (SSSR count). The quantitative estimate of drug-likeness (QED) is 0.324. The molecular formula is C21H32F5N5O3. The van der Waals surface area contributed by atoms with E-state index in [9.17, 15) is 31.5 Å². The number of ether oxygens (including phenoxy) is 1. The summed E-state index contributed by atoms with van der Waals surface area (Å²) in [5.41, 5.74) is 0. The highest BCUT2D eigenvalue weighted by Gasteiger charge is 2.50. The fourth-order valence-corrected chi connectivity index (χ4v) is 5.53. The third-order valence-electron chi connectivity index (χ3n) is 7.60. The molecule has 5 N–H and O–H groups in total. The molecule has 2 aliphatic carbocycles. The molecule has 13 heteroatoms. The largest absolute Gasteiger partial charge is 0.403 e. The van der Waals surface area contributed by atoms with Crippen LogP contribution >= 0.6 is 0 Å². The lowest BCUT2D eigenvalue weighted by Crippen LogP contribution is -2.62. The van der Waals surface area contributed by atoms with E-state index < -0.39 is 36.8 Å². The van der Waals surface area contributed by atoms with Gasteiger partial charge in [-0.3, -0.25) is 9.59 Å². The van der Waals surface area contributed by atoms with Gasteiger partial charge in [0, 0.05) is 31.7 Å². The lowest BCUT2D eigenvalue weighted by molar-refractivity contribution is -0.166.